The van der Waals surface area contributed by atoms with Crippen molar-refractivity contribution in [3.8, 4) is 0 Å². The van der Waals surface area contributed by atoms with E-state index >= 15 is 0 Å². The maximum Gasteiger partial charge on any atom is 0.194 e. The van der Waals surface area contributed by atoms with Crippen LogP contribution in [0.3, 0.4) is 0 Å². The third kappa shape index (κ3) is 3.93. The second-order valence-corrected chi connectivity index (χ2v) is 3.83. The van der Waals surface area contributed by atoms with Crippen molar-refractivity contribution < 1.29 is 9.90 Å². The lowest BCUT2D eigenvalue weighted by Gasteiger charge is -2.12. The summed E-state index contributed by atoms with van der Waals surface area (Å²) in [5, 5.41) is 9.45. The van der Waals surface area contributed by atoms with E-state index in [2.05, 4.69) is 0 Å². The summed E-state index contributed by atoms with van der Waals surface area (Å²) >= 11 is 1.26. The van der Waals surface area contributed by atoms with E-state index in [9.17, 15) is 9.90 Å². The van der Waals surface area contributed by atoms with Crippen LogP contribution in [0.25, 0.3) is 0 Å². The lowest BCUT2D eigenvalue weighted by molar-refractivity contribution is -0.116. The number of aliphatic hydroxyl groups is 1. The van der Waals surface area contributed by atoms with Crippen LogP contribution in [0.4, 0.5) is 0 Å². The Hall–Kier alpha value is -0.280. The van der Waals surface area contributed by atoms with E-state index in [0.29, 0.717) is 0 Å². The number of hydrogen-bond donors (Lipinski definition) is 1. The predicted molar refractivity (Wildman–Crippen MR) is 53.1 cm³/mol. The summed E-state index contributed by atoms with van der Waals surface area (Å²) < 4.78 is 0. The van der Waals surface area contributed by atoms with E-state index in [1.807, 2.05) is 13.8 Å². The van der Waals surface area contributed by atoms with Crippen LogP contribution in [-0.4, -0.2) is 22.1 Å². The number of aliphatic hydroxyl groups excluding tert-OH is 1. The summed E-state index contributed by atoms with van der Waals surface area (Å²) in [6.45, 7) is 5.50. The van der Waals surface area contributed by atoms with Crippen molar-refractivity contribution in [3.63, 3.8) is 0 Å². The van der Waals surface area contributed by atoms with Gasteiger partial charge in [0.2, 0.25) is 0 Å². The van der Waals surface area contributed by atoms with Gasteiger partial charge in [-0.2, -0.15) is 0 Å². The fourth-order valence-corrected chi connectivity index (χ4v) is 1.46. The summed E-state index contributed by atoms with van der Waals surface area (Å²) in [6, 6.07) is 0. The standard InChI is InChI=1S/C9H16O2S/c1-4-6-8(10)7(3)9(11)12-5-2/h4,6-8,10H,5H2,1-3H3/b6-4+/t7-,8-/m1/s1. The Morgan fingerprint density at radius 3 is 2.67 bits per heavy atom. The molecule has 2 atom stereocenters. The molecule has 0 bridgehead atoms. The van der Waals surface area contributed by atoms with Crippen LogP contribution < -0.4 is 0 Å². The second kappa shape index (κ2) is 6.26. The average Bonchev–Trinajstić information content (AvgIpc) is 2.04. The zero-order valence-electron chi connectivity index (χ0n) is 7.78. The second-order valence-electron chi connectivity index (χ2n) is 2.56. The number of allylic oxidation sites excluding steroid dienone is 1. The van der Waals surface area contributed by atoms with Crippen LogP contribution in [0.2, 0.25) is 0 Å². The molecule has 0 amide bonds. The molecule has 0 aromatic rings. The Balaban J connectivity index is 3.99. The van der Waals surface area contributed by atoms with Gasteiger partial charge >= 0.3 is 0 Å². The Bertz CT molecular complexity index is 166. The van der Waals surface area contributed by atoms with Gasteiger partial charge in [-0.05, 0) is 12.7 Å². The largest absolute Gasteiger partial charge is 0.388 e. The first-order valence-corrected chi connectivity index (χ1v) is 5.09. The van der Waals surface area contributed by atoms with Gasteiger partial charge in [0.15, 0.2) is 5.12 Å². The van der Waals surface area contributed by atoms with Crippen LogP contribution in [0, 0.1) is 5.92 Å². The first-order valence-electron chi connectivity index (χ1n) is 4.11. The first kappa shape index (κ1) is 11.7. The van der Waals surface area contributed by atoms with Gasteiger partial charge in [-0.25, -0.2) is 0 Å². The highest BCUT2D eigenvalue weighted by atomic mass is 32.2. The molecule has 0 unspecified atom stereocenters. The molecule has 0 saturated carbocycles. The smallest absolute Gasteiger partial charge is 0.194 e. The fraction of sp³-hybridized carbons (Fsp3) is 0.667. The van der Waals surface area contributed by atoms with Gasteiger partial charge in [0.1, 0.15) is 0 Å². The summed E-state index contributed by atoms with van der Waals surface area (Å²) in [5.74, 6) is 0.470. The zero-order valence-corrected chi connectivity index (χ0v) is 8.60. The Labute approximate surface area is 78.0 Å². The van der Waals surface area contributed by atoms with Crippen molar-refractivity contribution in [2.45, 2.75) is 26.9 Å². The minimum absolute atomic E-state index is 0.0584. The highest BCUT2D eigenvalue weighted by Crippen LogP contribution is 2.14. The molecule has 0 fully saturated rings. The van der Waals surface area contributed by atoms with Gasteiger partial charge in [0, 0.05) is 0 Å². The van der Waals surface area contributed by atoms with Crippen LogP contribution in [0.5, 0.6) is 0 Å². The van der Waals surface area contributed by atoms with Crippen molar-refractivity contribution in [2.75, 3.05) is 5.75 Å². The number of rotatable bonds is 4. The molecule has 70 valence electrons. The maximum absolute atomic E-state index is 11.2. The molecule has 0 radical (unpaired) electrons. The van der Waals surface area contributed by atoms with E-state index in [-0.39, 0.29) is 11.0 Å². The molecule has 1 N–H and O–H groups in total. The van der Waals surface area contributed by atoms with Crippen molar-refractivity contribution in [2.24, 2.45) is 5.92 Å². The number of carbonyl (C=O) groups excluding carboxylic acids is 1. The van der Waals surface area contributed by atoms with Crippen molar-refractivity contribution in [1.82, 2.24) is 0 Å². The van der Waals surface area contributed by atoms with E-state index in [4.69, 9.17) is 0 Å². The minimum atomic E-state index is -0.637. The van der Waals surface area contributed by atoms with Crippen LogP contribution in [-0.2, 0) is 4.79 Å². The number of thioether (sulfide) groups is 1. The molecule has 0 aliphatic rings. The summed E-state index contributed by atoms with van der Waals surface area (Å²) in [4.78, 5) is 11.2. The Kier molecular flexibility index (Phi) is 6.11. The Morgan fingerprint density at radius 1 is 1.67 bits per heavy atom. The third-order valence-corrected chi connectivity index (χ3v) is 2.51. The average molecular weight is 188 g/mol. The summed E-state index contributed by atoms with van der Waals surface area (Å²) in [6.07, 6.45) is 2.76. The molecule has 3 heteroatoms. The molecule has 12 heavy (non-hydrogen) atoms. The van der Waals surface area contributed by atoms with Gasteiger partial charge in [-0.1, -0.05) is 37.8 Å². The monoisotopic (exact) mass is 188 g/mol. The first-order chi connectivity index (χ1) is 5.63. The van der Waals surface area contributed by atoms with Crippen LogP contribution >= 0.6 is 11.8 Å². The molecule has 0 aliphatic carbocycles. The molecule has 2 nitrogen and oxygen atoms in total. The third-order valence-electron chi connectivity index (χ3n) is 1.56. The van der Waals surface area contributed by atoms with Crippen LogP contribution in [0.1, 0.15) is 20.8 Å². The lowest BCUT2D eigenvalue weighted by atomic mass is 10.1. The summed E-state index contributed by atoms with van der Waals surface area (Å²) in [7, 11) is 0. The fourth-order valence-electron chi connectivity index (χ4n) is 0.777. The molecular weight excluding hydrogens is 172 g/mol. The van der Waals surface area contributed by atoms with Crippen molar-refractivity contribution in [3.05, 3.63) is 12.2 Å². The molecule has 0 saturated heterocycles. The molecule has 0 spiro atoms. The lowest BCUT2D eigenvalue weighted by Crippen LogP contribution is -2.21. The van der Waals surface area contributed by atoms with Crippen molar-refractivity contribution in [1.29, 1.82) is 0 Å². The number of carbonyl (C=O) groups is 1. The highest BCUT2D eigenvalue weighted by molar-refractivity contribution is 8.13. The van der Waals surface area contributed by atoms with Gasteiger partial charge in [0.05, 0.1) is 12.0 Å². The van der Waals surface area contributed by atoms with E-state index < -0.39 is 6.10 Å². The molecule has 0 heterocycles. The predicted octanol–water partition coefficient (Wildman–Crippen LogP) is 1.84. The molecule has 0 aliphatic heterocycles. The SMILES string of the molecule is C/C=C/[C@@H](O)[C@@H](C)C(=O)SCC. The number of hydrogen-bond acceptors (Lipinski definition) is 3. The summed E-state index contributed by atoms with van der Waals surface area (Å²) in [5.41, 5.74) is 0. The quantitative estimate of drug-likeness (QED) is 0.684. The van der Waals surface area contributed by atoms with E-state index in [0.717, 1.165) is 5.75 Å². The highest BCUT2D eigenvalue weighted by Gasteiger charge is 2.18. The maximum atomic E-state index is 11.2. The molecule has 0 rings (SSSR count). The molecule has 0 aromatic carbocycles. The van der Waals surface area contributed by atoms with Gasteiger partial charge < -0.3 is 5.11 Å². The van der Waals surface area contributed by atoms with E-state index in [1.54, 1.807) is 19.1 Å². The normalized spacial score (nSPS) is 16.3. The van der Waals surface area contributed by atoms with E-state index in [1.165, 1.54) is 11.8 Å². The van der Waals surface area contributed by atoms with Gasteiger partial charge in [-0.15, -0.1) is 0 Å². The van der Waals surface area contributed by atoms with Crippen molar-refractivity contribution >= 4 is 16.9 Å². The van der Waals surface area contributed by atoms with Gasteiger partial charge in [-0.3, -0.25) is 4.79 Å². The Morgan fingerprint density at radius 2 is 2.25 bits per heavy atom. The minimum Gasteiger partial charge on any atom is -0.388 e. The molecular formula is C9H16O2S. The molecule has 0 aromatic heterocycles. The zero-order chi connectivity index (χ0) is 9.56. The van der Waals surface area contributed by atoms with Crippen LogP contribution in [0.15, 0.2) is 12.2 Å². The topological polar surface area (TPSA) is 37.3 Å². The van der Waals surface area contributed by atoms with Gasteiger partial charge in [0.25, 0.3) is 0 Å².